The zero-order valence-electron chi connectivity index (χ0n) is 15.7. The maximum absolute atomic E-state index is 12.8. The first kappa shape index (κ1) is 23.1. The monoisotopic (exact) mass is 493 g/mol. The van der Waals surface area contributed by atoms with Crippen LogP contribution in [-0.4, -0.2) is 92.6 Å². The number of anilines is 1. The molecule has 0 radical (unpaired) electrons. The minimum absolute atomic E-state index is 0.0188. The second kappa shape index (κ2) is 8.86. The highest BCUT2D eigenvalue weighted by Gasteiger charge is 2.58. The Bertz CT molecular complexity index is 971. The van der Waals surface area contributed by atoms with Crippen molar-refractivity contribution in [3.8, 4) is 0 Å². The molecule has 5 N–H and O–H groups in total. The first-order valence-corrected chi connectivity index (χ1v) is 10.7. The van der Waals surface area contributed by atoms with Crippen molar-refractivity contribution in [1.82, 2.24) is 15.2 Å². The van der Waals surface area contributed by atoms with Crippen molar-refractivity contribution in [3.05, 3.63) is 10.0 Å². The van der Waals surface area contributed by atoms with Gasteiger partial charge in [-0.1, -0.05) is 28.1 Å². The van der Waals surface area contributed by atoms with Crippen LogP contribution in [0.25, 0.3) is 0 Å². The highest BCUT2D eigenvalue weighted by molar-refractivity contribution is 8.00. The van der Waals surface area contributed by atoms with Crippen LogP contribution in [0.4, 0.5) is 5.13 Å². The Morgan fingerprint density at radius 1 is 1.45 bits per heavy atom. The highest BCUT2D eigenvalue weighted by Crippen LogP contribution is 2.39. The van der Waals surface area contributed by atoms with Crippen molar-refractivity contribution in [2.75, 3.05) is 31.7 Å². The molecule has 1 aromatic rings. The summed E-state index contributed by atoms with van der Waals surface area (Å²) in [5, 5.41) is 23.6. The van der Waals surface area contributed by atoms with Gasteiger partial charge in [0.1, 0.15) is 21.4 Å². The van der Waals surface area contributed by atoms with E-state index in [-0.39, 0.29) is 27.5 Å². The summed E-state index contributed by atoms with van der Waals surface area (Å²) in [7, 11) is 1.25. The van der Waals surface area contributed by atoms with Gasteiger partial charge >= 0.3 is 11.9 Å². The number of nitrogens with two attached hydrogens (primary N) is 1. The van der Waals surface area contributed by atoms with Gasteiger partial charge in [0.15, 0.2) is 16.4 Å². The second-order valence-electron chi connectivity index (χ2n) is 6.40. The number of rotatable bonds is 8. The summed E-state index contributed by atoms with van der Waals surface area (Å²) >= 11 is 8.03. The number of carbonyl (C=O) groups excluding carboxylic acids is 2. The molecule has 1 aromatic heterocycles. The molecule has 0 spiro atoms. The zero-order chi connectivity index (χ0) is 22.9. The van der Waals surface area contributed by atoms with Crippen LogP contribution in [-0.2, 0) is 28.8 Å². The van der Waals surface area contributed by atoms with Crippen LogP contribution in [0.5, 0.6) is 0 Å². The number of nitrogens with zero attached hydrogens (tertiary/aromatic N) is 3. The molecule has 0 aromatic carbocycles. The van der Waals surface area contributed by atoms with E-state index < -0.39 is 53.1 Å². The summed E-state index contributed by atoms with van der Waals surface area (Å²) in [6.07, 6.45) is 0. The Balaban J connectivity index is 1.76. The van der Waals surface area contributed by atoms with E-state index in [0.29, 0.717) is 0 Å². The van der Waals surface area contributed by atoms with E-state index in [2.05, 4.69) is 20.3 Å². The summed E-state index contributed by atoms with van der Waals surface area (Å²) in [5.74, 6) is -3.85. The maximum atomic E-state index is 12.8. The Morgan fingerprint density at radius 3 is 2.71 bits per heavy atom. The molecule has 168 valence electrons. The molecule has 3 rings (SSSR count). The molecule has 2 aliphatic heterocycles. The Labute approximate surface area is 187 Å². The van der Waals surface area contributed by atoms with Crippen molar-refractivity contribution in [3.63, 3.8) is 0 Å². The molecule has 2 aliphatic rings. The smallest absolute Gasteiger partial charge is 0.344 e. The number of hydrogen-bond donors (Lipinski definition) is 4. The number of oxime groups is 1. The third-order valence-corrected chi connectivity index (χ3v) is 7.09. The van der Waals surface area contributed by atoms with Crippen molar-refractivity contribution in [2.45, 2.75) is 17.0 Å². The molecular weight excluding hydrogens is 478 g/mol. The van der Waals surface area contributed by atoms with Crippen LogP contribution in [0.1, 0.15) is 5.69 Å². The van der Waals surface area contributed by atoms with Crippen LogP contribution in [0, 0.1) is 0 Å². The summed E-state index contributed by atoms with van der Waals surface area (Å²) < 4.78 is 5.13. The number of aliphatic carboxylic acids is 2. The van der Waals surface area contributed by atoms with Gasteiger partial charge in [-0.05, 0) is 0 Å². The van der Waals surface area contributed by atoms with Crippen LogP contribution in [0.15, 0.2) is 5.16 Å². The van der Waals surface area contributed by atoms with Crippen molar-refractivity contribution in [1.29, 1.82) is 0 Å². The number of aromatic nitrogens is 1. The third kappa shape index (κ3) is 4.39. The van der Waals surface area contributed by atoms with E-state index in [1.54, 1.807) is 0 Å². The number of carboxylic acid groups (broad SMARTS) is 2. The predicted molar refractivity (Wildman–Crippen MR) is 109 cm³/mol. The number of thioether (sulfide) groups is 1. The Hall–Kier alpha value is -2.62. The number of fused-ring (bicyclic) bond motifs is 1. The van der Waals surface area contributed by atoms with Gasteiger partial charge in [0.2, 0.25) is 12.5 Å². The van der Waals surface area contributed by atoms with E-state index >= 15 is 0 Å². The summed E-state index contributed by atoms with van der Waals surface area (Å²) in [6, 6.07) is -0.972. The number of carboxylic acids is 2. The maximum Gasteiger partial charge on any atom is 0.344 e. The molecule has 0 saturated carbocycles. The van der Waals surface area contributed by atoms with E-state index in [9.17, 15) is 24.3 Å². The van der Waals surface area contributed by atoms with Gasteiger partial charge in [0.05, 0.1) is 6.54 Å². The molecule has 13 nitrogen and oxygen atoms in total. The Kier molecular flexibility index (Phi) is 6.59. The molecule has 2 unspecified atom stereocenters. The fraction of sp³-hybridized carbons (Fsp3) is 0.467. The fourth-order valence-corrected chi connectivity index (χ4v) is 5.35. The van der Waals surface area contributed by atoms with E-state index in [1.165, 1.54) is 12.0 Å². The predicted octanol–water partition coefficient (Wildman–Crippen LogP) is -0.946. The second-order valence-corrected chi connectivity index (χ2v) is 9.14. The number of methoxy groups -OCH3 is 1. The number of amides is 2. The summed E-state index contributed by atoms with van der Waals surface area (Å²) in [5.41, 5.74) is 3.47. The average molecular weight is 494 g/mol. The number of nitrogens with one attached hydrogen (secondary N) is 1. The minimum Gasteiger partial charge on any atom is -0.479 e. The number of hydrogen-bond acceptors (Lipinski definition) is 11. The first-order chi connectivity index (χ1) is 14.6. The number of halogens is 1. The van der Waals surface area contributed by atoms with Crippen LogP contribution in [0.3, 0.4) is 0 Å². The molecular formula is C15H16ClN5O8S2. The molecule has 3 atom stereocenters. The normalized spacial score (nSPS) is 25.4. The molecule has 0 bridgehead atoms. The van der Waals surface area contributed by atoms with Gasteiger partial charge in [0.25, 0.3) is 5.91 Å². The van der Waals surface area contributed by atoms with E-state index in [4.69, 9.17) is 27.2 Å². The molecule has 2 saturated heterocycles. The SMILES string of the molecule is COC1(C(=O)O)CS[C@@H]2C(NC(=O)C(=NOCC(=O)O)c3nc(N)sc3Cl)C(=O)N2C1. The molecule has 16 heteroatoms. The summed E-state index contributed by atoms with van der Waals surface area (Å²) in [6.45, 7) is -0.990. The lowest BCUT2D eigenvalue weighted by Gasteiger charge is -2.53. The van der Waals surface area contributed by atoms with Crippen molar-refractivity contribution in [2.24, 2.45) is 5.16 Å². The van der Waals surface area contributed by atoms with Gasteiger partial charge < -0.3 is 35.7 Å². The van der Waals surface area contributed by atoms with Crippen molar-refractivity contribution >= 4 is 69.3 Å². The first-order valence-electron chi connectivity index (χ1n) is 8.45. The van der Waals surface area contributed by atoms with Gasteiger partial charge in [0, 0.05) is 12.9 Å². The molecule has 2 fully saturated rings. The molecule has 3 heterocycles. The fourth-order valence-electron chi connectivity index (χ4n) is 2.91. The van der Waals surface area contributed by atoms with Crippen LogP contribution < -0.4 is 11.1 Å². The largest absolute Gasteiger partial charge is 0.479 e. The van der Waals surface area contributed by atoms with Gasteiger partial charge in [-0.2, -0.15) is 0 Å². The van der Waals surface area contributed by atoms with Crippen LogP contribution in [0.2, 0.25) is 4.34 Å². The quantitative estimate of drug-likeness (QED) is 0.198. The van der Waals surface area contributed by atoms with Gasteiger partial charge in [-0.15, -0.1) is 11.8 Å². The standard InChI is InChI=1S/C15H16ClN5O8S2/c1-28-15(13(26)27)3-21-11(25)8(12(21)30-4-15)18-10(24)7(20-29-2-5(22)23)6-9(16)31-14(17)19-6/h8,12H,2-4H2,1H3,(H2,17,19)(H,18,24)(H,22,23)(H,26,27)/t8?,12-,15?/m1/s1. The lowest BCUT2D eigenvalue weighted by molar-refractivity contribution is -0.170. The van der Waals surface area contributed by atoms with E-state index in [1.807, 2.05) is 0 Å². The third-order valence-electron chi connectivity index (χ3n) is 4.51. The Morgan fingerprint density at radius 2 is 2.16 bits per heavy atom. The van der Waals surface area contributed by atoms with Gasteiger partial charge in [-0.3, -0.25) is 9.59 Å². The number of carbonyl (C=O) groups is 4. The van der Waals surface area contributed by atoms with Gasteiger partial charge in [-0.25, -0.2) is 14.6 Å². The van der Waals surface area contributed by atoms with Crippen molar-refractivity contribution < 1.29 is 39.0 Å². The van der Waals surface area contributed by atoms with Crippen LogP contribution >= 0.6 is 34.7 Å². The average Bonchev–Trinajstić information content (AvgIpc) is 3.05. The minimum atomic E-state index is -1.53. The lowest BCUT2D eigenvalue weighted by Crippen LogP contribution is -2.75. The zero-order valence-corrected chi connectivity index (χ0v) is 18.1. The number of ether oxygens (including phenoxy) is 1. The highest BCUT2D eigenvalue weighted by atomic mass is 35.5. The topological polar surface area (TPSA) is 194 Å². The number of β-lactam (4-membered cyclic amide) rings is 1. The summed E-state index contributed by atoms with van der Waals surface area (Å²) in [4.78, 5) is 57.3. The molecule has 0 aliphatic carbocycles. The number of thiazole rings is 1. The molecule has 31 heavy (non-hydrogen) atoms. The number of nitrogen functional groups attached to an aromatic ring is 1. The van der Waals surface area contributed by atoms with E-state index in [0.717, 1.165) is 23.1 Å². The molecule has 2 amide bonds. The lowest BCUT2D eigenvalue weighted by atomic mass is 9.99.